The van der Waals surface area contributed by atoms with Gasteiger partial charge in [-0.15, -0.1) is 0 Å². The zero-order chi connectivity index (χ0) is 13.9. The van der Waals surface area contributed by atoms with Gasteiger partial charge in [-0.25, -0.2) is 18.1 Å². The highest BCUT2D eigenvalue weighted by Gasteiger charge is 2.16. The molecular weight excluding hydrogens is 264 g/mol. The number of hydrogen-bond donors (Lipinski definition) is 2. The molecule has 1 aromatic heterocycles. The number of nitrogen functional groups attached to an aromatic ring is 1. The number of hydrogen-bond acceptors (Lipinski definition) is 4. The smallest absolute Gasteiger partial charge is 0.240 e. The molecule has 0 aliphatic heterocycles. The molecular formula is C12H16N4O2S. The van der Waals surface area contributed by atoms with Gasteiger partial charge in [-0.05, 0) is 24.6 Å². The minimum Gasteiger partial charge on any atom is -0.399 e. The summed E-state index contributed by atoms with van der Waals surface area (Å²) in [6.07, 6.45) is 5.07. The number of anilines is 1. The van der Waals surface area contributed by atoms with Crippen molar-refractivity contribution in [2.24, 2.45) is 0 Å². The van der Waals surface area contributed by atoms with Crippen LogP contribution in [-0.4, -0.2) is 24.5 Å². The van der Waals surface area contributed by atoms with Crippen molar-refractivity contribution < 1.29 is 8.42 Å². The van der Waals surface area contributed by atoms with E-state index in [1.54, 1.807) is 42.3 Å². The Morgan fingerprint density at radius 1 is 1.42 bits per heavy atom. The molecule has 0 aliphatic carbocycles. The summed E-state index contributed by atoms with van der Waals surface area (Å²) in [5.41, 5.74) is 6.73. The van der Waals surface area contributed by atoms with Gasteiger partial charge >= 0.3 is 0 Å². The number of imidazole rings is 1. The number of aryl methyl sites for hydroxylation is 1. The van der Waals surface area contributed by atoms with E-state index in [4.69, 9.17) is 5.73 Å². The molecule has 3 N–H and O–H groups in total. The molecule has 0 saturated carbocycles. The normalized spacial score (nSPS) is 11.6. The van der Waals surface area contributed by atoms with Crippen LogP contribution in [0.1, 0.15) is 5.56 Å². The average Bonchev–Trinajstić information content (AvgIpc) is 2.85. The Balaban J connectivity index is 2.07. The molecule has 102 valence electrons. The Bertz CT molecular complexity index is 650. The SMILES string of the molecule is Cc1ccc(N)cc1S(=O)(=O)NCCn1ccnc1. The molecule has 0 bridgehead atoms. The zero-order valence-electron chi connectivity index (χ0n) is 10.6. The van der Waals surface area contributed by atoms with Gasteiger partial charge in [-0.3, -0.25) is 0 Å². The number of nitrogens with zero attached hydrogens (tertiary/aromatic N) is 2. The van der Waals surface area contributed by atoms with Gasteiger partial charge in [-0.2, -0.15) is 0 Å². The molecule has 0 amide bonds. The van der Waals surface area contributed by atoms with Gasteiger partial charge in [0.25, 0.3) is 0 Å². The summed E-state index contributed by atoms with van der Waals surface area (Å²) in [4.78, 5) is 4.11. The van der Waals surface area contributed by atoms with E-state index in [0.717, 1.165) is 0 Å². The Hall–Kier alpha value is -1.86. The van der Waals surface area contributed by atoms with Crippen LogP contribution >= 0.6 is 0 Å². The lowest BCUT2D eigenvalue weighted by Gasteiger charge is -2.10. The van der Waals surface area contributed by atoms with Crippen LogP contribution in [0.5, 0.6) is 0 Å². The van der Waals surface area contributed by atoms with Gasteiger partial charge < -0.3 is 10.3 Å². The Morgan fingerprint density at radius 2 is 2.21 bits per heavy atom. The molecule has 19 heavy (non-hydrogen) atoms. The quantitative estimate of drug-likeness (QED) is 0.791. The number of aromatic nitrogens is 2. The Morgan fingerprint density at radius 3 is 2.89 bits per heavy atom. The molecule has 0 unspecified atom stereocenters. The van der Waals surface area contributed by atoms with Gasteiger partial charge in [0.1, 0.15) is 0 Å². The highest BCUT2D eigenvalue weighted by atomic mass is 32.2. The first-order chi connectivity index (χ1) is 8.99. The number of sulfonamides is 1. The highest BCUT2D eigenvalue weighted by Crippen LogP contribution is 2.17. The molecule has 0 spiro atoms. The monoisotopic (exact) mass is 280 g/mol. The van der Waals surface area contributed by atoms with Crippen LogP contribution in [0, 0.1) is 6.92 Å². The van der Waals surface area contributed by atoms with Crippen LogP contribution in [0.3, 0.4) is 0 Å². The maximum atomic E-state index is 12.1. The second kappa shape index (κ2) is 5.41. The van der Waals surface area contributed by atoms with E-state index in [2.05, 4.69) is 9.71 Å². The van der Waals surface area contributed by atoms with Crippen molar-refractivity contribution in [3.05, 3.63) is 42.5 Å². The fourth-order valence-corrected chi connectivity index (χ4v) is 3.01. The maximum absolute atomic E-state index is 12.1. The van der Waals surface area contributed by atoms with Crippen LogP contribution in [0.2, 0.25) is 0 Å². The molecule has 2 rings (SSSR count). The zero-order valence-corrected chi connectivity index (χ0v) is 11.4. The van der Waals surface area contributed by atoms with Gasteiger partial charge in [0.15, 0.2) is 0 Å². The predicted octanol–water partition coefficient (Wildman–Crippen LogP) is 0.752. The lowest BCUT2D eigenvalue weighted by molar-refractivity contribution is 0.572. The summed E-state index contributed by atoms with van der Waals surface area (Å²) >= 11 is 0. The van der Waals surface area contributed by atoms with Gasteiger partial charge in [0.05, 0.1) is 11.2 Å². The number of benzene rings is 1. The van der Waals surface area contributed by atoms with Crippen molar-refractivity contribution in [1.29, 1.82) is 0 Å². The molecule has 6 nitrogen and oxygen atoms in total. The summed E-state index contributed by atoms with van der Waals surface area (Å²) in [5.74, 6) is 0. The minimum atomic E-state index is -3.53. The first kappa shape index (κ1) is 13.6. The van der Waals surface area contributed by atoms with Crippen molar-refractivity contribution in [2.75, 3.05) is 12.3 Å². The average molecular weight is 280 g/mol. The lowest BCUT2D eigenvalue weighted by Crippen LogP contribution is -2.27. The second-order valence-electron chi connectivity index (χ2n) is 4.22. The first-order valence-corrected chi connectivity index (χ1v) is 7.29. The van der Waals surface area contributed by atoms with Crippen LogP contribution in [-0.2, 0) is 16.6 Å². The van der Waals surface area contributed by atoms with Crippen LogP contribution < -0.4 is 10.5 Å². The molecule has 7 heteroatoms. The highest BCUT2D eigenvalue weighted by molar-refractivity contribution is 7.89. The van der Waals surface area contributed by atoms with Gasteiger partial charge in [0.2, 0.25) is 10.0 Å². The maximum Gasteiger partial charge on any atom is 0.240 e. The van der Waals surface area contributed by atoms with E-state index in [1.165, 1.54) is 6.07 Å². The van der Waals surface area contributed by atoms with Crippen molar-refractivity contribution >= 4 is 15.7 Å². The molecule has 0 saturated heterocycles. The number of nitrogens with one attached hydrogen (secondary N) is 1. The third-order valence-corrected chi connectivity index (χ3v) is 4.33. The molecule has 0 atom stereocenters. The first-order valence-electron chi connectivity index (χ1n) is 5.80. The van der Waals surface area contributed by atoms with E-state index in [1.807, 2.05) is 0 Å². The van der Waals surface area contributed by atoms with E-state index in [9.17, 15) is 8.42 Å². The molecule has 1 aromatic carbocycles. The summed E-state index contributed by atoms with van der Waals surface area (Å²) in [5, 5.41) is 0. The topological polar surface area (TPSA) is 90.0 Å². The molecule has 1 heterocycles. The van der Waals surface area contributed by atoms with Gasteiger partial charge in [-0.1, -0.05) is 6.07 Å². The summed E-state index contributed by atoms with van der Waals surface area (Å²) in [6, 6.07) is 4.84. The minimum absolute atomic E-state index is 0.220. The molecule has 0 radical (unpaired) electrons. The van der Waals surface area contributed by atoms with E-state index < -0.39 is 10.0 Å². The summed E-state index contributed by atoms with van der Waals surface area (Å²) in [6.45, 7) is 2.57. The summed E-state index contributed by atoms with van der Waals surface area (Å²) in [7, 11) is -3.53. The number of nitrogens with two attached hydrogens (primary N) is 1. The predicted molar refractivity (Wildman–Crippen MR) is 73.0 cm³/mol. The Kier molecular flexibility index (Phi) is 3.87. The van der Waals surface area contributed by atoms with Crippen LogP contribution in [0.4, 0.5) is 5.69 Å². The standard InChI is InChI=1S/C12H16N4O2S/c1-10-2-3-11(13)8-12(10)19(17,18)15-5-7-16-6-4-14-9-16/h2-4,6,8-9,15H,5,7,13H2,1H3. The fourth-order valence-electron chi connectivity index (χ4n) is 1.71. The van der Waals surface area contributed by atoms with Crippen molar-refractivity contribution in [3.8, 4) is 0 Å². The van der Waals surface area contributed by atoms with Gasteiger partial charge in [0, 0.05) is 31.2 Å². The third-order valence-electron chi connectivity index (χ3n) is 2.72. The Labute approximate surface area is 112 Å². The molecule has 2 aromatic rings. The number of rotatable bonds is 5. The lowest BCUT2D eigenvalue weighted by atomic mass is 10.2. The van der Waals surface area contributed by atoms with E-state index in [0.29, 0.717) is 24.3 Å². The molecule has 0 aliphatic rings. The fraction of sp³-hybridized carbons (Fsp3) is 0.250. The van der Waals surface area contributed by atoms with Crippen molar-refractivity contribution in [3.63, 3.8) is 0 Å². The third kappa shape index (κ3) is 3.33. The van der Waals surface area contributed by atoms with Crippen LogP contribution in [0.25, 0.3) is 0 Å². The van der Waals surface area contributed by atoms with Crippen LogP contribution in [0.15, 0.2) is 41.8 Å². The van der Waals surface area contributed by atoms with E-state index in [-0.39, 0.29) is 4.90 Å². The van der Waals surface area contributed by atoms with Crippen molar-refractivity contribution in [2.45, 2.75) is 18.4 Å². The van der Waals surface area contributed by atoms with E-state index >= 15 is 0 Å². The summed E-state index contributed by atoms with van der Waals surface area (Å²) < 4.78 is 28.6. The second-order valence-corrected chi connectivity index (χ2v) is 5.96. The largest absolute Gasteiger partial charge is 0.399 e. The molecule has 0 fully saturated rings. The van der Waals surface area contributed by atoms with Crippen molar-refractivity contribution in [1.82, 2.24) is 14.3 Å².